The third-order valence-electron chi connectivity index (χ3n) is 3.66. The summed E-state index contributed by atoms with van der Waals surface area (Å²) in [6.07, 6.45) is 3.21. The number of carbonyl (C=O) groups is 2. The monoisotopic (exact) mass is 255 g/mol. The first-order valence-electron chi connectivity index (χ1n) is 6.70. The summed E-state index contributed by atoms with van der Waals surface area (Å²) in [7, 11) is 0. The van der Waals surface area contributed by atoms with Gasteiger partial charge in [0.2, 0.25) is 0 Å². The third kappa shape index (κ3) is 3.05. The van der Waals surface area contributed by atoms with Crippen molar-refractivity contribution in [2.45, 2.75) is 25.7 Å². The Bertz CT molecular complexity index is 316. The van der Waals surface area contributed by atoms with Gasteiger partial charge in [-0.1, -0.05) is 0 Å². The van der Waals surface area contributed by atoms with Gasteiger partial charge in [-0.15, -0.1) is 0 Å². The van der Waals surface area contributed by atoms with Gasteiger partial charge in [0.1, 0.15) is 0 Å². The van der Waals surface area contributed by atoms with Crippen molar-refractivity contribution in [2.75, 3.05) is 39.3 Å². The topological polar surface area (TPSA) is 64.1 Å². The average Bonchev–Trinajstić information content (AvgIpc) is 2.64. The predicted octanol–water partition coefficient (Wildman–Crippen LogP) is 1.28. The molecule has 2 aliphatic heterocycles. The Kier molecular flexibility index (Phi) is 4.28. The number of urea groups is 1. The Hall–Kier alpha value is -1.46. The highest BCUT2D eigenvalue weighted by Crippen LogP contribution is 2.13. The van der Waals surface area contributed by atoms with Crippen LogP contribution >= 0.6 is 0 Å². The Labute approximate surface area is 107 Å². The van der Waals surface area contributed by atoms with E-state index in [1.807, 2.05) is 4.90 Å². The van der Waals surface area contributed by atoms with Gasteiger partial charge < -0.3 is 19.8 Å². The summed E-state index contributed by atoms with van der Waals surface area (Å²) in [5.41, 5.74) is 0. The molecular formula is C12H21N3O3. The molecule has 0 radical (unpaired) electrons. The second-order valence-electron chi connectivity index (χ2n) is 4.94. The summed E-state index contributed by atoms with van der Waals surface area (Å²) < 4.78 is 0. The molecule has 2 fully saturated rings. The summed E-state index contributed by atoms with van der Waals surface area (Å²) >= 11 is 0. The number of amides is 3. The molecule has 0 aromatic carbocycles. The fraction of sp³-hybridized carbons (Fsp3) is 0.833. The normalized spacial score (nSPS) is 21.7. The van der Waals surface area contributed by atoms with Crippen LogP contribution < -0.4 is 0 Å². The highest BCUT2D eigenvalue weighted by Gasteiger charge is 2.25. The van der Waals surface area contributed by atoms with E-state index in [9.17, 15) is 9.59 Å². The Morgan fingerprint density at radius 3 is 1.83 bits per heavy atom. The second-order valence-corrected chi connectivity index (χ2v) is 4.94. The van der Waals surface area contributed by atoms with E-state index in [-0.39, 0.29) is 6.03 Å². The number of carboxylic acid groups (broad SMARTS) is 1. The molecule has 0 spiro atoms. The molecule has 0 saturated carbocycles. The highest BCUT2D eigenvalue weighted by molar-refractivity contribution is 5.74. The molecule has 0 aliphatic carbocycles. The van der Waals surface area contributed by atoms with Crippen molar-refractivity contribution < 1.29 is 14.7 Å². The molecule has 0 unspecified atom stereocenters. The van der Waals surface area contributed by atoms with Gasteiger partial charge in [0, 0.05) is 39.3 Å². The minimum absolute atomic E-state index is 0.0851. The maximum Gasteiger partial charge on any atom is 0.407 e. The molecule has 0 aromatic heterocycles. The number of piperidine rings is 1. The Balaban J connectivity index is 1.88. The maximum atomic E-state index is 12.3. The SMILES string of the molecule is O=C(O)N1CCCN(C(=O)N2CCCCC2)CC1. The molecular weight excluding hydrogens is 234 g/mol. The van der Waals surface area contributed by atoms with E-state index in [4.69, 9.17) is 5.11 Å². The largest absolute Gasteiger partial charge is 0.465 e. The van der Waals surface area contributed by atoms with Crippen molar-refractivity contribution in [2.24, 2.45) is 0 Å². The van der Waals surface area contributed by atoms with Crippen LogP contribution in [0.25, 0.3) is 0 Å². The van der Waals surface area contributed by atoms with Gasteiger partial charge in [0.05, 0.1) is 0 Å². The van der Waals surface area contributed by atoms with Crippen LogP contribution in [0.1, 0.15) is 25.7 Å². The van der Waals surface area contributed by atoms with Gasteiger partial charge in [-0.2, -0.15) is 0 Å². The van der Waals surface area contributed by atoms with Crippen molar-refractivity contribution in [3.05, 3.63) is 0 Å². The lowest BCUT2D eigenvalue weighted by Gasteiger charge is -2.32. The van der Waals surface area contributed by atoms with Crippen molar-refractivity contribution in [3.63, 3.8) is 0 Å². The molecule has 102 valence electrons. The zero-order valence-corrected chi connectivity index (χ0v) is 10.7. The second kappa shape index (κ2) is 5.93. The fourth-order valence-corrected chi connectivity index (χ4v) is 2.59. The molecule has 3 amide bonds. The summed E-state index contributed by atoms with van der Waals surface area (Å²) in [6, 6.07) is 0.0851. The Morgan fingerprint density at radius 2 is 1.17 bits per heavy atom. The number of carbonyl (C=O) groups excluding carboxylic acids is 1. The van der Waals surface area contributed by atoms with Crippen LogP contribution in [-0.4, -0.2) is 71.2 Å². The molecule has 0 bridgehead atoms. The van der Waals surface area contributed by atoms with Gasteiger partial charge in [0.25, 0.3) is 0 Å². The number of hydrogen-bond acceptors (Lipinski definition) is 2. The summed E-state index contributed by atoms with van der Waals surface area (Å²) in [6.45, 7) is 3.82. The van der Waals surface area contributed by atoms with E-state index in [1.165, 1.54) is 11.3 Å². The molecule has 2 heterocycles. The van der Waals surface area contributed by atoms with E-state index < -0.39 is 6.09 Å². The minimum atomic E-state index is -0.887. The number of rotatable bonds is 0. The molecule has 2 rings (SSSR count). The van der Waals surface area contributed by atoms with E-state index >= 15 is 0 Å². The third-order valence-corrected chi connectivity index (χ3v) is 3.66. The maximum absolute atomic E-state index is 12.3. The van der Waals surface area contributed by atoms with Crippen LogP contribution in [-0.2, 0) is 0 Å². The van der Waals surface area contributed by atoms with E-state index in [0.29, 0.717) is 26.2 Å². The number of likely N-dealkylation sites (tertiary alicyclic amines) is 1. The first kappa shape index (κ1) is 13.0. The first-order chi connectivity index (χ1) is 8.68. The lowest BCUT2D eigenvalue weighted by atomic mass is 10.1. The van der Waals surface area contributed by atoms with Crippen LogP contribution in [0.3, 0.4) is 0 Å². The molecule has 18 heavy (non-hydrogen) atoms. The molecule has 2 saturated heterocycles. The number of hydrogen-bond donors (Lipinski definition) is 1. The fourth-order valence-electron chi connectivity index (χ4n) is 2.59. The minimum Gasteiger partial charge on any atom is -0.465 e. The zero-order chi connectivity index (χ0) is 13.0. The average molecular weight is 255 g/mol. The van der Waals surface area contributed by atoms with E-state index in [1.54, 1.807) is 4.90 Å². The van der Waals surface area contributed by atoms with Gasteiger partial charge >= 0.3 is 12.1 Å². The van der Waals surface area contributed by atoms with Gasteiger partial charge in [0.15, 0.2) is 0 Å². The van der Waals surface area contributed by atoms with Crippen LogP contribution in [0.4, 0.5) is 9.59 Å². The molecule has 6 heteroatoms. The molecule has 6 nitrogen and oxygen atoms in total. The van der Waals surface area contributed by atoms with Crippen LogP contribution in [0.15, 0.2) is 0 Å². The molecule has 0 atom stereocenters. The zero-order valence-electron chi connectivity index (χ0n) is 10.7. The van der Waals surface area contributed by atoms with Gasteiger partial charge in [-0.25, -0.2) is 9.59 Å². The van der Waals surface area contributed by atoms with Crippen LogP contribution in [0.2, 0.25) is 0 Å². The van der Waals surface area contributed by atoms with E-state index in [2.05, 4.69) is 0 Å². The van der Waals surface area contributed by atoms with Crippen molar-refractivity contribution in [1.29, 1.82) is 0 Å². The molecule has 1 N–H and O–H groups in total. The Morgan fingerprint density at radius 1 is 0.667 bits per heavy atom. The number of nitrogens with zero attached hydrogens (tertiary/aromatic N) is 3. The molecule has 2 aliphatic rings. The standard InChI is InChI=1S/C12H21N3O3/c16-11(13-5-2-1-3-6-13)14-7-4-8-15(10-9-14)12(17)18/h1-10H2,(H,17,18). The summed E-state index contributed by atoms with van der Waals surface area (Å²) in [5.74, 6) is 0. The first-order valence-corrected chi connectivity index (χ1v) is 6.70. The quantitative estimate of drug-likeness (QED) is 0.709. The van der Waals surface area contributed by atoms with Crippen molar-refractivity contribution in [1.82, 2.24) is 14.7 Å². The lowest BCUT2D eigenvalue weighted by Crippen LogP contribution is -2.46. The highest BCUT2D eigenvalue weighted by atomic mass is 16.4. The van der Waals surface area contributed by atoms with Crippen LogP contribution in [0.5, 0.6) is 0 Å². The van der Waals surface area contributed by atoms with Crippen molar-refractivity contribution in [3.8, 4) is 0 Å². The van der Waals surface area contributed by atoms with E-state index in [0.717, 1.165) is 32.4 Å². The summed E-state index contributed by atoms with van der Waals surface area (Å²) in [4.78, 5) is 28.3. The summed E-state index contributed by atoms with van der Waals surface area (Å²) in [5, 5.41) is 8.95. The van der Waals surface area contributed by atoms with Gasteiger partial charge in [-0.05, 0) is 25.7 Å². The van der Waals surface area contributed by atoms with Gasteiger partial charge in [-0.3, -0.25) is 0 Å². The predicted molar refractivity (Wildman–Crippen MR) is 66.6 cm³/mol. The van der Waals surface area contributed by atoms with Crippen LogP contribution in [0, 0.1) is 0 Å². The van der Waals surface area contributed by atoms with Crippen molar-refractivity contribution >= 4 is 12.1 Å². The lowest BCUT2D eigenvalue weighted by molar-refractivity contribution is 0.137. The smallest absolute Gasteiger partial charge is 0.407 e. The molecule has 0 aromatic rings.